The number of H-pyrrole nitrogens is 1. The molecule has 0 fully saturated rings. The van der Waals surface area contributed by atoms with Gasteiger partial charge < -0.3 is 15.6 Å². The Hall–Kier alpha value is -4.12. The molecule has 0 bridgehead atoms. The summed E-state index contributed by atoms with van der Waals surface area (Å²) < 4.78 is 20.2. The minimum Gasteiger partial charge on any atom is -0.504 e. The summed E-state index contributed by atoms with van der Waals surface area (Å²) >= 11 is 0. The Morgan fingerprint density at radius 1 is 1.24 bits per heavy atom. The van der Waals surface area contributed by atoms with Gasteiger partial charge in [-0.15, -0.1) is 4.68 Å². The van der Waals surface area contributed by atoms with Gasteiger partial charge in [0.15, 0.2) is 17.2 Å². The van der Waals surface area contributed by atoms with E-state index >= 15 is 0 Å². The van der Waals surface area contributed by atoms with Gasteiger partial charge in [0, 0.05) is 5.56 Å². The van der Waals surface area contributed by atoms with E-state index in [2.05, 4.69) is 16.2 Å². The fraction of sp³-hybridized carbons (Fsp3) is 0.0952. The van der Waals surface area contributed by atoms with Crippen LogP contribution < -0.4 is 15.2 Å². The summed E-state index contributed by atoms with van der Waals surface area (Å²) in [5.41, 5.74) is 9.45. The van der Waals surface area contributed by atoms with Gasteiger partial charge >= 0.3 is 5.65 Å². The number of ether oxygens (including phenoxy) is 1. The maximum absolute atomic E-state index is 13.4. The molecule has 4 aromatic rings. The van der Waals surface area contributed by atoms with E-state index in [-0.39, 0.29) is 28.7 Å². The zero-order valence-corrected chi connectivity index (χ0v) is 15.7. The number of nitrogens with two attached hydrogens (primary N) is 1. The maximum Gasteiger partial charge on any atom is 0.359 e. The van der Waals surface area contributed by atoms with Crippen LogP contribution in [0.5, 0.6) is 11.5 Å². The summed E-state index contributed by atoms with van der Waals surface area (Å²) in [5.74, 6) is -0.0235. The summed E-state index contributed by atoms with van der Waals surface area (Å²) in [5, 5.41) is 23.6. The van der Waals surface area contributed by atoms with E-state index in [0.717, 1.165) is 5.69 Å². The molecule has 0 saturated carbocycles. The van der Waals surface area contributed by atoms with Gasteiger partial charge in [-0.05, 0) is 53.9 Å². The van der Waals surface area contributed by atoms with Crippen molar-refractivity contribution in [3.63, 3.8) is 0 Å². The summed E-state index contributed by atoms with van der Waals surface area (Å²) in [6.07, 6.45) is 0. The summed E-state index contributed by atoms with van der Waals surface area (Å²) in [6.45, 7) is 1.85. The molecule has 2 heterocycles. The topological polar surface area (TPSA) is 112 Å². The van der Waals surface area contributed by atoms with Gasteiger partial charge in [0.25, 0.3) is 5.82 Å². The van der Waals surface area contributed by atoms with Crippen LogP contribution in [0.15, 0.2) is 42.5 Å². The third-order valence-corrected chi connectivity index (χ3v) is 4.74. The van der Waals surface area contributed by atoms with Crippen LogP contribution in [0.3, 0.4) is 0 Å². The van der Waals surface area contributed by atoms with Crippen LogP contribution in [0.2, 0.25) is 0 Å². The number of phenols is 1. The zero-order chi connectivity index (χ0) is 20.7. The normalized spacial score (nSPS) is 10.8. The molecule has 2 aromatic carbocycles. The Bertz CT molecular complexity index is 1290. The Morgan fingerprint density at radius 2 is 1.97 bits per heavy atom. The molecular formula is C21H17FN5O2+. The van der Waals surface area contributed by atoms with Crippen molar-refractivity contribution in [1.29, 1.82) is 5.26 Å². The first-order valence-electron chi connectivity index (χ1n) is 8.71. The minimum absolute atomic E-state index is 0.0137. The van der Waals surface area contributed by atoms with Crippen LogP contribution in [-0.2, 0) is 0 Å². The fourth-order valence-electron chi connectivity index (χ4n) is 3.40. The van der Waals surface area contributed by atoms with Gasteiger partial charge in [-0.3, -0.25) is 0 Å². The van der Waals surface area contributed by atoms with E-state index in [0.29, 0.717) is 27.8 Å². The molecule has 4 N–H and O–H groups in total. The second kappa shape index (κ2) is 6.80. The molecule has 144 valence electrons. The summed E-state index contributed by atoms with van der Waals surface area (Å²) in [6, 6.07) is 12.9. The number of aromatic hydroxyl groups is 1. The summed E-state index contributed by atoms with van der Waals surface area (Å²) in [7, 11) is 1.45. The molecule has 0 aliphatic carbocycles. The van der Waals surface area contributed by atoms with Crippen molar-refractivity contribution in [2.75, 3.05) is 12.8 Å². The molecule has 0 amide bonds. The molecule has 0 aliphatic heterocycles. The fourth-order valence-corrected chi connectivity index (χ4v) is 3.40. The van der Waals surface area contributed by atoms with Crippen LogP contribution in [-0.4, -0.2) is 22.3 Å². The highest BCUT2D eigenvalue weighted by atomic mass is 19.1. The number of methoxy groups -OCH3 is 1. The molecule has 0 unspecified atom stereocenters. The zero-order valence-electron chi connectivity index (χ0n) is 15.7. The number of aromatic nitrogens is 3. The number of hydrogen-bond donors (Lipinski definition) is 3. The number of nitrogens with zero attached hydrogens (tertiary/aromatic N) is 3. The van der Waals surface area contributed by atoms with Crippen molar-refractivity contribution in [3.8, 4) is 34.4 Å². The smallest absolute Gasteiger partial charge is 0.359 e. The lowest BCUT2D eigenvalue weighted by Gasteiger charge is -2.09. The second-order valence-electron chi connectivity index (χ2n) is 6.49. The number of pyridine rings is 1. The number of phenolic OH excluding ortho intramolecular Hbond substituents is 1. The van der Waals surface area contributed by atoms with Gasteiger partial charge in [0.05, 0.1) is 12.8 Å². The Morgan fingerprint density at radius 3 is 2.62 bits per heavy atom. The average Bonchev–Trinajstić information content (AvgIpc) is 3.04. The number of nitrogens with one attached hydrogen (secondary N) is 1. The van der Waals surface area contributed by atoms with Crippen molar-refractivity contribution in [2.45, 2.75) is 6.92 Å². The number of fused-ring (bicyclic) bond motifs is 1. The lowest BCUT2D eigenvalue weighted by atomic mass is 9.96. The molecule has 29 heavy (non-hydrogen) atoms. The van der Waals surface area contributed by atoms with Gasteiger partial charge in [-0.25, -0.2) is 9.49 Å². The third kappa shape index (κ3) is 2.89. The van der Waals surface area contributed by atoms with E-state index in [1.807, 2.05) is 6.92 Å². The monoisotopic (exact) mass is 390 g/mol. The predicted octanol–water partition coefficient (Wildman–Crippen LogP) is 3.12. The first-order chi connectivity index (χ1) is 13.9. The molecule has 0 radical (unpaired) electrons. The van der Waals surface area contributed by atoms with Crippen molar-refractivity contribution in [2.24, 2.45) is 0 Å². The number of halogens is 1. The number of rotatable bonds is 3. The van der Waals surface area contributed by atoms with Crippen molar-refractivity contribution >= 4 is 16.9 Å². The maximum atomic E-state index is 13.4. The Balaban J connectivity index is 2.09. The van der Waals surface area contributed by atoms with Gasteiger partial charge in [0.2, 0.25) is 0 Å². The van der Waals surface area contributed by atoms with Crippen LogP contribution >= 0.6 is 0 Å². The molecule has 0 spiro atoms. The van der Waals surface area contributed by atoms with Crippen LogP contribution in [0.4, 0.5) is 10.2 Å². The summed E-state index contributed by atoms with van der Waals surface area (Å²) in [4.78, 5) is 4.42. The van der Waals surface area contributed by atoms with Crippen LogP contribution in [0.25, 0.3) is 27.8 Å². The van der Waals surface area contributed by atoms with Crippen LogP contribution in [0, 0.1) is 24.1 Å². The number of hydrogen-bond acceptors (Lipinski definition) is 5. The van der Waals surface area contributed by atoms with Gasteiger partial charge in [-0.1, -0.05) is 6.07 Å². The van der Waals surface area contributed by atoms with Crippen molar-refractivity contribution < 1.29 is 18.9 Å². The van der Waals surface area contributed by atoms with Crippen molar-refractivity contribution in [1.82, 2.24) is 10.1 Å². The molecule has 0 aliphatic rings. The Kier molecular flexibility index (Phi) is 4.28. The third-order valence-electron chi connectivity index (χ3n) is 4.74. The van der Waals surface area contributed by atoms with Crippen LogP contribution in [0.1, 0.15) is 11.3 Å². The highest BCUT2D eigenvalue weighted by Crippen LogP contribution is 2.38. The first kappa shape index (κ1) is 18.3. The number of benzene rings is 2. The number of nitrogen functional groups attached to an aromatic ring is 1. The quantitative estimate of drug-likeness (QED) is 0.465. The van der Waals surface area contributed by atoms with E-state index < -0.39 is 0 Å². The number of aryl methyl sites for hydroxylation is 1. The largest absolute Gasteiger partial charge is 0.504 e. The standard InChI is InChI=1S/C21H16FN5O2/c1-11-18-19(12-3-8-16(28)17(9-12)29-2)15(10-23)20(24)25-21(18)27(26-11)14-6-4-13(22)5-7-14/h3-9H,1-2H3,(H3,24,25,26,28)/p+1. The van der Waals surface area contributed by atoms with E-state index in [1.54, 1.807) is 28.9 Å². The average molecular weight is 390 g/mol. The molecule has 0 atom stereocenters. The van der Waals surface area contributed by atoms with E-state index in [1.165, 1.54) is 25.3 Å². The second-order valence-corrected chi connectivity index (χ2v) is 6.49. The molecule has 7 nitrogen and oxygen atoms in total. The molecule has 4 rings (SSSR count). The minimum atomic E-state index is -0.349. The lowest BCUT2D eigenvalue weighted by molar-refractivity contribution is -0.632. The van der Waals surface area contributed by atoms with E-state index in [9.17, 15) is 14.8 Å². The first-order valence-corrected chi connectivity index (χ1v) is 8.71. The molecule has 2 aromatic heterocycles. The highest BCUT2D eigenvalue weighted by molar-refractivity contribution is 5.99. The predicted molar refractivity (Wildman–Crippen MR) is 105 cm³/mol. The number of anilines is 1. The van der Waals surface area contributed by atoms with Gasteiger partial charge in [-0.2, -0.15) is 5.26 Å². The lowest BCUT2D eigenvalue weighted by Crippen LogP contribution is -2.33. The SMILES string of the molecule is COc1cc(-c2c(C#N)c(N)nc3c2c(C)[nH][n+]3-c2ccc(F)cc2)ccc1O. The Labute approximate surface area is 165 Å². The number of nitriles is 1. The highest BCUT2D eigenvalue weighted by Gasteiger charge is 2.28. The van der Waals surface area contributed by atoms with Crippen molar-refractivity contribution in [3.05, 3.63) is 59.5 Å². The number of aromatic amines is 1. The van der Waals surface area contributed by atoms with Gasteiger partial charge in [0.1, 0.15) is 22.8 Å². The molecule has 8 heteroatoms. The molecular weight excluding hydrogens is 373 g/mol. The van der Waals surface area contributed by atoms with E-state index in [4.69, 9.17) is 10.5 Å². The molecule has 0 saturated heterocycles.